The molecule has 1 unspecified atom stereocenters. The molecule has 0 N–H and O–H groups in total. The van der Waals surface area contributed by atoms with Crippen molar-refractivity contribution < 1.29 is 4.79 Å². The predicted octanol–water partition coefficient (Wildman–Crippen LogP) is 1.50. The minimum Gasteiger partial charge on any atom is -0.342 e. The van der Waals surface area contributed by atoms with Crippen molar-refractivity contribution in [2.45, 2.75) is 30.9 Å². The maximum absolute atomic E-state index is 11.8. The summed E-state index contributed by atoms with van der Waals surface area (Å²) < 4.78 is 0. The molecule has 0 radical (unpaired) electrons. The van der Waals surface area contributed by atoms with Crippen LogP contribution in [0.2, 0.25) is 0 Å². The van der Waals surface area contributed by atoms with E-state index >= 15 is 0 Å². The average Bonchev–Trinajstić information content (AvgIpc) is 2.77. The molecule has 0 spiro atoms. The lowest BCUT2D eigenvalue weighted by Crippen LogP contribution is -2.34. The molecular weight excluding hydrogens is 170 g/mol. The number of hydrogen-bond donors (Lipinski definition) is 0. The highest BCUT2D eigenvalue weighted by molar-refractivity contribution is 8.00. The van der Waals surface area contributed by atoms with Crippen LogP contribution in [0.25, 0.3) is 0 Å². The van der Waals surface area contributed by atoms with Crippen molar-refractivity contribution in [3.63, 3.8) is 0 Å². The van der Waals surface area contributed by atoms with Gasteiger partial charge >= 0.3 is 0 Å². The summed E-state index contributed by atoms with van der Waals surface area (Å²) in [5.41, 5.74) is 0. The molecule has 0 aliphatic carbocycles. The summed E-state index contributed by atoms with van der Waals surface area (Å²) >= 11 is 1.85. The molecule has 1 atom stereocenters. The van der Waals surface area contributed by atoms with Gasteiger partial charge in [-0.15, -0.1) is 11.8 Å². The lowest BCUT2D eigenvalue weighted by atomic mass is 10.2. The Morgan fingerprint density at radius 1 is 1.25 bits per heavy atom. The van der Waals surface area contributed by atoms with Gasteiger partial charge in [0, 0.05) is 13.1 Å². The molecule has 2 heterocycles. The van der Waals surface area contributed by atoms with E-state index in [1.165, 1.54) is 25.0 Å². The second-order valence-electron chi connectivity index (χ2n) is 3.53. The van der Waals surface area contributed by atoms with Crippen LogP contribution in [-0.4, -0.2) is 34.9 Å². The molecule has 2 rings (SSSR count). The van der Waals surface area contributed by atoms with Gasteiger partial charge in [0.15, 0.2) is 0 Å². The zero-order valence-electron chi connectivity index (χ0n) is 7.29. The Morgan fingerprint density at radius 3 is 2.58 bits per heavy atom. The largest absolute Gasteiger partial charge is 0.342 e. The monoisotopic (exact) mass is 185 g/mol. The Balaban J connectivity index is 1.89. The topological polar surface area (TPSA) is 20.3 Å². The van der Waals surface area contributed by atoms with Crippen LogP contribution in [0.1, 0.15) is 25.7 Å². The smallest absolute Gasteiger partial charge is 0.235 e. The zero-order valence-corrected chi connectivity index (χ0v) is 8.11. The van der Waals surface area contributed by atoms with Crippen LogP contribution >= 0.6 is 11.8 Å². The molecule has 2 aliphatic rings. The van der Waals surface area contributed by atoms with Gasteiger partial charge in [0.1, 0.15) is 0 Å². The predicted molar refractivity (Wildman–Crippen MR) is 51.3 cm³/mol. The van der Waals surface area contributed by atoms with Crippen LogP contribution in [0.5, 0.6) is 0 Å². The lowest BCUT2D eigenvalue weighted by Gasteiger charge is -2.18. The molecule has 2 aliphatic heterocycles. The van der Waals surface area contributed by atoms with Gasteiger partial charge in [0.05, 0.1) is 5.25 Å². The number of hydrogen-bond acceptors (Lipinski definition) is 2. The molecule has 1 amide bonds. The van der Waals surface area contributed by atoms with Gasteiger partial charge in [-0.1, -0.05) is 0 Å². The minimum absolute atomic E-state index is 0.308. The van der Waals surface area contributed by atoms with E-state index in [1.807, 2.05) is 16.7 Å². The number of carbonyl (C=O) groups excluding carboxylic acids is 1. The van der Waals surface area contributed by atoms with Gasteiger partial charge < -0.3 is 4.90 Å². The molecule has 0 aromatic heterocycles. The third kappa shape index (κ3) is 1.60. The van der Waals surface area contributed by atoms with Crippen molar-refractivity contribution in [3.05, 3.63) is 0 Å². The maximum Gasteiger partial charge on any atom is 0.235 e. The van der Waals surface area contributed by atoms with Gasteiger partial charge in [-0.25, -0.2) is 0 Å². The van der Waals surface area contributed by atoms with E-state index in [2.05, 4.69) is 0 Å². The first kappa shape index (κ1) is 8.42. The molecule has 68 valence electrons. The molecule has 3 heteroatoms. The molecule has 2 nitrogen and oxygen atoms in total. The van der Waals surface area contributed by atoms with Crippen molar-refractivity contribution in [1.82, 2.24) is 4.90 Å². The summed E-state index contributed by atoms with van der Waals surface area (Å²) in [6.45, 7) is 2.02. The van der Waals surface area contributed by atoms with Crippen molar-refractivity contribution in [3.8, 4) is 0 Å². The van der Waals surface area contributed by atoms with Crippen LogP contribution < -0.4 is 0 Å². The van der Waals surface area contributed by atoms with Gasteiger partial charge in [0.2, 0.25) is 5.91 Å². The first-order chi connectivity index (χ1) is 5.88. The van der Waals surface area contributed by atoms with Gasteiger partial charge in [-0.2, -0.15) is 0 Å². The molecule has 0 aromatic carbocycles. The van der Waals surface area contributed by atoms with Gasteiger partial charge in [-0.3, -0.25) is 4.79 Å². The van der Waals surface area contributed by atoms with Crippen molar-refractivity contribution >= 4 is 17.7 Å². The number of likely N-dealkylation sites (tertiary alicyclic amines) is 1. The molecule has 0 saturated carbocycles. The van der Waals surface area contributed by atoms with Crippen LogP contribution in [0.4, 0.5) is 0 Å². The summed E-state index contributed by atoms with van der Waals surface area (Å²) in [5.74, 6) is 1.60. The van der Waals surface area contributed by atoms with Crippen LogP contribution in [-0.2, 0) is 4.79 Å². The Kier molecular flexibility index (Phi) is 2.59. The van der Waals surface area contributed by atoms with E-state index < -0.39 is 0 Å². The number of amides is 1. The number of thioether (sulfide) groups is 1. The summed E-state index contributed by atoms with van der Waals surface area (Å²) in [5, 5.41) is 0.308. The summed E-state index contributed by atoms with van der Waals surface area (Å²) in [6.07, 6.45) is 4.77. The first-order valence-corrected chi connectivity index (χ1v) is 5.83. The summed E-state index contributed by atoms with van der Waals surface area (Å²) in [4.78, 5) is 13.8. The highest BCUT2D eigenvalue weighted by Crippen LogP contribution is 2.28. The zero-order chi connectivity index (χ0) is 8.39. The second kappa shape index (κ2) is 3.69. The third-order valence-electron chi connectivity index (χ3n) is 2.62. The maximum atomic E-state index is 11.8. The summed E-state index contributed by atoms with van der Waals surface area (Å²) in [6, 6.07) is 0. The van der Waals surface area contributed by atoms with Crippen molar-refractivity contribution in [2.75, 3.05) is 18.8 Å². The number of rotatable bonds is 1. The molecule has 2 fully saturated rings. The second-order valence-corrected chi connectivity index (χ2v) is 4.84. The Bertz CT molecular complexity index is 153. The summed E-state index contributed by atoms with van der Waals surface area (Å²) in [7, 11) is 0. The van der Waals surface area contributed by atoms with Crippen LogP contribution in [0.3, 0.4) is 0 Å². The number of carbonyl (C=O) groups is 1. The van der Waals surface area contributed by atoms with Crippen LogP contribution in [0.15, 0.2) is 0 Å². The SMILES string of the molecule is O=C(C1CCCS1)N1CCCC1. The molecule has 0 aromatic rings. The van der Waals surface area contributed by atoms with Gasteiger partial charge in [0.25, 0.3) is 0 Å². The highest BCUT2D eigenvalue weighted by Gasteiger charge is 2.28. The molecule has 12 heavy (non-hydrogen) atoms. The minimum atomic E-state index is 0.308. The van der Waals surface area contributed by atoms with Gasteiger partial charge in [-0.05, 0) is 31.4 Å². The molecular formula is C9H15NOS. The third-order valence-corrected chi connectivity index (χ3v) is 3.99. The number of nitrogens with zero attached hydrogens (tertiary/aromatic N) is 1. The van der Waals surface area contributed by atoms with E-state index in [9.17, 15) is 4.79 Å². The Morgan fingerprint density at radius 2 is 2.00 bits per heavy atom. The normalized spacial score (nSPS) is 29.7. The van der Waals surface area contributed by atoms with Crippen molar-refractivity contribution in [1.29, 1.82) is 0 Å². The van der Waals surface area contributed by atoms with E-state index in [1.54, 1.807) is 0 Å². The van der Waals surface area contributed by atoms with E-state index in [0.29, 0.717) is 11.2 Å². The Labute approximate surface area is 77.7 Å². The molecule has 0 bridgehead atoms. The van der Waals surface area contributed by atoms with Crippen LogP contribution in [0, 0.1) is 0 Å². The fraction of sp³-hybridized carbons (Fsp3) is 0.889. The lowest BCUT2D eigenvalue weighted by molar-refractivity contribution is -0.129. The van der Waals surface area contributed by atoms with E-state index in [-0.39, 0.29) is 0 Å². The highest BCUT2D eigenvalue weighted by atomic mass is 32.2. The average molecular weight is 185 g/mol. The van der Waals surface area contributed by atoms with E-state index in [0.717, 1.165) is 19.5 Å². The standard InChI is InChI=1S/C9H15NOS/c11-9(8-4-3-7-12-8)10-5-1-2-6-10/h8H,1-7H2. The molecule has 2 saturated heterocycles. The quantitative estimate of drug-likeness (QED) is 0.617. The van der Waals surface area contributed by atoms with E-state index in [4.69, 9.17) is 0 Å². The van der Waals surface area contributed by atoms with Crippen molar-refractivity contribution in [2.24, 2.45) is 0 Å². The fourth-order valence-electron chi connectivity index (χ4n) is 1.91. The first-order valence-electron chi connectivity index (χ1n) is 4.78. The Hall–Kier alpha value is -0.180. The fourth-order valence-corrected chi connectivity index (χ4v) is 3.16.